The standard InChI is InChI=1S/C28H31N3O4S/c1-21-12-14-25(15-13-21)36(34,35)31-18-16-23(17-19-31)26(30-27(32)24-10-6-3-7-11-24)28(33)29-20-22-8-4-2-5-9-22/h2-15,23,26H,16-20H2,1H3,(H,29,33)(H,30,32)/t26-/m0/s1. The van der Waals surface area contributed by atoms with Gasteiger partial charge >= 0.3 is 0 Å². The lowest BCUT2D eigenvalue weighted by atomic mass is 9.89. The van der Waals surface area contributed by atoms with Crippen molar-refractivity contribution in [3.8, 4) is 0 Å². The highest BCUT2D eigenvalue weighted by Crippen LogP contribution is 2.26. The Bertz CT molecular complexity index is 1270. The second-order valence-corrected chi connectivity index (χ2v) is 11.0. The van der Waals surface area contributed by atoms with Crippen LogP contribution in [-0.4, -0.2) is 43.7 Å². The number of rotatable bonds is 8. The van der Waals surface area contributed by atoms with E-state index in [1.54, 1.807) is 48.5 Å². The lowest BCUT2D eigenvalue weighted by molar-refractivity contribution is -0.124. The zero-order valence-electron chi connectivity index (χ0n) is 20.3. The lowest BCUT2D eigenvalue weighted by Gasteiger charge is -2.35. The van der Waals surface area contributed by atoms with Gasteiger partial charge < -0.3 is 10.6 Å². The number of carbonyl (C=O) groups excluding carboxylic acids is 2. The molecule has 3 aromatic carbocycles. The Labute approximate surface area is 212 Å². The number of amides is 2. The van der Waals surface area contributed by atoms with Crippen LogP contribution in [0.5, 0.6) is 0 Å². The van der Waals surface area contributed by atoms with Crippen molar-refractivity contribution in [1.29, 1.82) is 0 Å². The first kappa shape index (κ1) is 25.6. The molecule has 188 valence electrons. The van der Waals surface area contributed by atoms with Gasteiger partial charge in [0.2, 0.25) is 15.9 Å². The van der Waals surface area contributed by atoms with Gasteiger partial charge in [-0.3, -0.25) is 9.59 Å². The van der Waals surface area contributed by atoms with Gasteiger partial charge in [0.05, 0.1) is 4.90 Å². The molecule has 8 heteroatoms. The van der Waals surface area contributed by atoms with Crippen molar-refractivity contribution in [3.05, 3.63) is 102 Å². The number of sulfonamides is 1. The van der Waals surface area contributed by atoms with Gasteiger partial charge in [-0.2, -0.15) is 4.31 Å². The Morgan fingerprint density at radius 1 is 0.889 bits per heavy atom. The molecule has 3 aromatic rings. The van der Waals surface area contributed by atoms with Crippen molar-refractivity contribution < 1.29 is 18.0 Å². The highest BCUT2D eigenvalue weighted by molar-refractivity contribution is 7.89. The zero-order chi connectivity index (χ0) is 25.5. The van der Waals surface area contributed by atoms with Gasteiger partial charge in [-0.25, -0.2) is 8.42 Å². The SMILES string of the molecule is Cc1ccc(S(=O)(=O)N2CCC([C@H](NC(=O)c3ccccc3)C(=O)NCc3ccccc3)CC2)cc1. The van der Waals surface area contributed by atoms with Crippen LogP contribution < -0.4 is 10.6 Å². The Morgan fingerprint density at radius 3 is 2.08 bits per heavy atom. The molecule has 0 aromatic heterocycles. The van der Waals surface area contributed by atoms with Crippen molar-refractivity contribution in [3.63, 3.8) is 0 Å². The largest absolute Gasteiger partial charge is 0.350 e. The topological polar surface area (TPSA) is 95.6 Å². The minimum absolute atomic E-state index is 0.196. The Balaban J connectivity index is 1.46. The summed E-state index contributed by atoms with van der Waals surface area (Å²) in [7, 11) is -3.62. The molecule has 7 nitrogen and oxygen atoms in total. The summed E-state index contributed by atoms with van der Waals surface area (Å²) >= 11 is 0. The number of hydrogen-bond acceptors (Lipinski definition) is 4. The highest BCUT2D eigenvalue weighted by atomic mass is 32.2. The third-order valence-corrected chi connectivity index (χ3v) is 8.46. The van der Waals surface area contributed by atoms with Crippen molar-refractivity contribution in [1.82, 2.24) is 14.9 Å². The summed E-state index contributed by atoms with van der Waals surface area (Å²) in [5, 5.41) is 5.85. The molecular formula is C28H31N3O4S. The van der Waals surface area contributed by atoms with Crippen molar-refractivity contribution >= 4 is 21.8 Å². The predicted molar refractivity (Wildman–Crippen MR) is 139 cm³/mol. The summed E-state index contributed by atoms with van der Waals surface area (Å²) in [4.78, 5) is 26.4. The van der Waals surface area contributed by atoms with E-state index in [2.05, 4.69) is 10.6 Å². The van der Waals surface area contributed by atoms with E-state index >= 15 is 0 Å². The van der Waals surface area contributed by atoms with Gasteiger partial charge in [0.25, 0.3) is 5.91 Å². The van der Waals surface area contributed by atoms with Gasteiger partial charge in [0.15, 0.2) is 0 Å². The number of benzene rings is 3. The number of nitrogens with one attached hydrogen (secondary N) is 2. The molecule has 0 spiro atoms. The van der Waals surface area contributed by atoms with Crippen LogP contribution in [0.2, 0.25) is 0 Å². The van der Waals surface area contributed by atoms with Gasteiger partial charge in [0.1, 0.15) is 6.04 Å². The number of aryl methyl sites for hydroxylation is 1. The quantitative estimate of drug-likeness (QED) is 0.490. The first-order chi connectivity index (χ1) is 17.3. The van der Waals surface area contributed by atoms with E-state index in [9.17, 15) is 18.0 Å². The molecule has 1 fully saturated rings. The highest BCUT2D eigenvalue weighted by Gasteiger charge is 2.36. The maximum absolute atomic E-state index is 13.3. The molecule has 0 aliphatic carbocycles. The Morgan fingerprint density at radius 2 is 1.47 bits per heavy atom. The third kappa shape index (κ3) is 6.19. The molecule has 1 saturated heterocycles. The minimum Gasteiger partial charge on any atom is -0.350 e. The van der Waals surface area contributed by atoms with E-state index in [0.29, 0.717) is 24.9 Å². The molecule has 0 bridgehead atoms. The summed E-state index contributed by atoms with van der Waals surface area (Å²) in [5.74, 6) is -0.800. The van der Waals surface area contributed by atoms with E-state index < -0.39 is 16.1 Å². The molecule has 0 unspecified atom stereocenters. The maximum atomic E-state index is 13.3. The zero-order valence-corrected chi connectivity index (χ0v) is 21.1. The Hall–Kier alpha value is -3.49. The summed E-state index contributed by atoms with van der Waals surface area (Å²) in [6.45, 7) is 2.82. The van der Waals surface area contributed by atoms with Crippen LogP contribution in [0.25, 0.3) is 0 Å². The molecule has 1 aliphatic rings. The minimum atomic E-state index is -3.62. The van der Waals surface area contributed by atoms with Gasteiger partial charge in [-0.15, -0.1) is 0 Å². The average molecular weight is 506 g/mol. The smallest absolute Gasteiger partial charge is 0.251 e. The summed E-state index contributed by atoms with van der Waals surface area (Å²) in [6, 6.07) is 24.4. The molecule has 1 atom stereocenters. The van der Waals surface area contributed by atoms with Gasteiger partial charge in [-0.05, 0) is 55.5 Å². The molecule has 0 saturated carbocycles. The fraction of sp³-hybridized carbons (Fsp3) is 0.286. The fourth-order valence-electron chi connectivity index (χ4n) is 4.42. The van der Waals surface area contributed by atoms with E-state index in [-0.39, 0.29) is 35.7 Å². The normalized spacial score (nSPS) is 15.7. The van der Waals surface area contributed by atoms with Gasteiger partial charge in [-0.1, -0.05) is 66.2 Å². The predicted octanol–water partition coefficient (Wildman–Crippen LogP) is 3.51. The van der Waals surface area contributed by atoms with Gasteiger partial charge in [0, 0.05) is 25.2 Å². The van der Waals surface area contributed by atoms with E-state index in [1.807, 2.05) is 43.3 Å². The van der Waals surface area contributed by atoms with Crippen LogP contribution in [0.4, 0.5) is 0 Å². The summed E-state index contributed by atoms with van der Waals surface area (Å²) in [6.07, 6.45) is 0.924. The Kier molecular flexibility index (Phi) is 8.18. The monoisotopic (exact) mass is 505 g/mol. The molecule has 1 heterocycles. The average Bonchev–Trinajstić information content (AvgIpc) is 2.91. The van der Waals surface area contributed by atoms with Crippen molar-refractivity contribution in [2.45, 2.75) is 37.2 Å². The molecule has 4 rings (SSSR count). The van der Waals surface area contributed by atoms with E-state index in [4.69, 9.17) is 0 Å². The number of nitrogens with zero attached hydrogens (tertiary/aromatic N) is 1. The first-order valence-electron chi connectivity index (χ1n) is 12.1. The third-order valence-electron chi connectivity index (χ3n) is 6.54. The number of hydrogen-bond donors (Lipinski definition) is 2. The molecule has 2 N–H and O–H groups in total. The van der Waals surface area contributed by atoms with Crippen LogP contribution in [-0.2, 0) is 21.4 Å². The van der Waals surface area contributed by atoms with Crippen LogP contribution in [0.1, 0.15) is 34.3 Å². The molecule has 0 radical (unpaired) electrons. The molecular weight excluding hydrogens is 474 g/mol. The van der Waals surface area contributed by atoms with Crippen LogP contribution in [0, 0.1) is 12.8 Å². The molecule has 36 heavy (non-hydrogen) atoms. The van der Waals surface area contributed by atoms with Crippen molar-refractivity contribution in [2.24, 2.45) is 5.92 Å². The van der Waals surface area contributed by atoms with E-state index in [1.165, 1.54) is 4.31 Å². The van der Waals surface area contributed by atoms with Crippen LogP contribution in [0.15, 0.2) is 89.8 Å². The maximum Gasteiger partial charge on any atom is 0.251 e. The van der Waals surface area contributed by atoms with Crippen LogP contribution >= 0.6 is 0 Å². The first-order valence-corrected chi connectivity index (χ1v) is 13.5. The van der Waals surface area contributed by atoms with Crippen LogP contribution in [0.3, 0.4) is 0 Å². The summed E-state index contributed by atoms with van der Waals surface area (Å²) < 4.78 is 27.7. The second kappa shape index (κ2) is 11.5. The second-order valence-electron chi connectivity index (χ2n) is 9.08. The fourth-order valence-corrected chi connectivity index (χ4v) is 5.89. The van der Waals surface area contributed by atoms with Crippen molar-refractivity contribution in [2.75, 3.05) is 13.1 Å². The lowest BCUT2D eigenvalue weighted by Crippen LogP contribution is -2.53. The number of piperidine rings is 1. The molecule has 1 aliphatic heterocycles. The summed E-state index contributed by atoms with van der Waals surface area (Å²) in [5.41, 5.74) is 2.42. The van der Waals surface area contributed by atoms with E-state index in [0.717, 1.165) is 11.1 Å². The number of carbonyl (C=O) groups is 2. The molecule has 2 amide bonds.